The fourth-order valence-electron chi connectivity index (χ4n) is 3.59. The molecule has 0 aliphatic heterocycles. The largest absolute Gasteiger partial charge is 0.376 e. The standard InChI is InChI=1S/C16H31NO/c1-2-13-9-10-15(17)16(11-13)18-12-14-7-5-3-4-6-8-14/h13-16H,2-12,17H2,1H3. The second kappa shape index (κ2) is 7.49. The average Bonchev–Trinajstić information content (AvgIpc) is 2.66. The topological polar surface area (TPSA) is 35.2 Å². The minimum atomic E-state index is 0.290. The van der Waals surface area contributed by atoms with Crippen LogP contribution in [0.5, 0.6) is 0 Å². The summed E-state index contributed by atoms with van der Waals surface area (Å²) in [5, 5.41) is 0. The summed E-state index contributed by atoms with van der Waals surface area (Å²) in [6.45, 7) is 3.26. The van der Waals surface area contributed by atoms with Crippen molar-refractivity contribution in [2.45, 2.75) is 83.3 Å². The molecule has 2 aliphatic rings. The SMILES string of the molecule is CCC1CCC(N)C(OCC2CCCCCC2)C1. The smallest absolute Gasteiger partial charge is 0.0728 e. The van der Waals surface area contributed by atoms with Crippen LogP contribution < -0.4 is 5.73 Å². The lowest BCUT2D eigenvalue weighted by atomic mass is 9.83. The molecule has 0 saturated heterocycles. The summed E-state index contributed by atoms with van der Waals surface area (Å²) in [4.78, 5) is 0. The normalized spacial score (nSPS) is 35.3. The number of ether oxygens (including phenoxy) is 1. The van der Waals surface area contributed by atoms with Crippen LogP contribution in [0.15, 0.2) is 0 Å². The summed E-state index contributed by atoms with van der Waals surface area (Å²) in [6, 6.07) is 0.290. The summed E-state index contributed by atoms with van der Waals surface area (Å²) >= 11 is 0. The molecule has 3 unspecified atom stereocenters. The van der Waals surface area contributed by atoms with Crippen molar-refractivity contribution in [2.24, 2.45) is 17.6 Å². The highest BCUT2D eigenvalue weighted by atomic mass is 16.5. The number of hydrogen-bond donors (Lipinski definition) is 1. The molecule has 0 aromatic rings. The van der Waals surface area contributed by atoms with E-state index in [0.717, 1.165) is 24.9 Å². The lowest BCUT2D eigenvalue weighted by Crippen LogP contribution is -2.42. The van der Waals surface area contributed by atoms with Gasteiger partial charge in [-0.2, -0.15) is 0 Å². The molecular formula is C16H31NO. The molecule has 2 nitrogen and oxygen atoms in total. The Kier molecular flexibility index (Phi) is 5.97. The molecule has 2 rings (SSSR count). The Morgan fingerprint density at radius 2 is 1.67 bits per heavy atom. The third-order valence-corrected chi connectivity index (χ3v) is 5.05. The van der Waals surface area contributed by atoms with Crippen LogP contribution in [0.1, 0.15) is 71.1 Å². The summed E-state index contributed by atoms with van der Waals surface area (Å²) in [6.07, 6.45) is 13.7. The minimum absolute atomic E-state index is 0.290. The van der Waals surface area contributed by atoms with Crippen LogP contribution in [-0.4, -0.2) is 18.8 Å². The van der Waals surface area contributed by atoms with Gasteiger partial charge in [0, 0.05) is 12.6 Å². The minimum Gasteiger partial charge on any atom is -0.376 e. The lowest BCUT2D eigenvalue weighted by molar-refractivity contribution is -0.0195. The molecule has 2 saturated carbocycles. The van der Waals surface area contributed by atoms with E-state index in [1.165, 1.54) is 57.8 Å². The molecule has 0 radical (unpaired) electrons. The van der Waals surface area contributed by atoms with Gasteiger partial charge < -0.3 is 10.5 Å². The number of nitrogens with two attached hydrogens (primary N) is 1. The Morgan fingerprint density at radius 3 is 2.33 bits per heavy atom. The van der Waals surface area contributed by atoms with Gasteiger partial charge in [0.1, 0.15) is 0 Å². The summed E-state index contributed by atoms with van der Waals surface area (Å²) < 4.78 is 6.20. The first-order valence-corrected chi connectivity index (χ1v) is 8.16. The van der Waals surface area contributed by atoms with Gasteiger partial charge in [-0.25, -0.2) is 0 Å². The van der Waals surface area contributed by atoms with Crippen molar-refractivity contribution < 1.29 is 4.74 Å². The van der Waals surface area contributed by atoms with Crippen LogP contribution in [0.2, 0.25) is 0 Å². The third-order valence-electron chi connectivity index (χ3n) is 5.05. The van der Waals surface area contributed by atoms with Crippen LogP contribution in [-0.2, 0) is 4.74 Å². The van der Waals surface area contributed by atoms with Gasteiger partial charge in [0.15, 0.2) is 0 Å². The van der Waals surface area contributed by atoms with Crippen LogP contribution in [0.4, 0.5) is 0 Å². The fourth-order valence-corrected chi connectivity index (χ4v) is 3.59. The molecule has 2 N–H and O–H groups in total. The van der Waals surface area contributed by atoms with Crippen molar-refractivity contribution in [3.8, 4) is 0 Å². The zero-order valence-corrected chi connectivity index (χ0v) is 12.1. The van der Waals surface area contributed by atoms with E-state index in [-0.39, 0.29) is 0 Å². The molecule has 106 valence electrons. The molecule has 18 heavy (non-hydrogen) atoms. The molecule has 0 amide bonds. The fraction of sp³-hybridized carbons (Fsp3) is 1.00. The van der Waals surface area contributed by atoms with Gasteiger partial charge in [-0.1, -0.05) is 39.0 Å². The van der Waals surface area contributed by atoms with E-state index in [0.29, 0.717) is 12.1 Å². The molecule has 0 spiro atoms. The Bertz CT molecular complexity index is 223. The molecule has 0 aromatic heterocycles. The van der Waals surface area contributed by atoms with Gasteiger partial charge in [0.25, 0.3) is 0 Å². The quantitative estimate of drug-likeness (QED) is 0.772. The summed E-state index contributed by atoms with van der Waals surface area (Å²) in [7, 11) is 0. The number of rotatable bonds is 4. The van der Waals surface area contributed by atoms with E-state index < -0.39 is 0 Å². The van der Waals surface area contributed by atoms with Crippen molar-refractivity contribution in [1.29, 1.82) is 0 Å². The third kappa shape index (κ3) is 4.24. The van der Waals surface area contributed by atoms with Gasteiger partial charge in [-0.3, -0.25) is 0 Å². The van der Waals surface area contributed by atoms with Gasteiger partial charge >= 0.3 is 0 Å². The maximum absolute atomic E-state index is 6.22. The average molecular weight is 253 g/mol. The Morgan fingerprint density at radius 1 is 0.944 bits per heavy atom. The van der Waals surface area contributed by atoms with Crippen molar-refractivity contribution in [1.82, 2.24) is 0 Å². The van der Waals surface area contributed by atoms with Crippen molar-refractivity contribution >= 4 is 0 Å². The molecule has 3 atom stereocenters. The highest BCUT2D eigenvalue weighted by Crippen LogP contribution is 2.29. The maximum atomic E-state index is 6.22. The van der Waals surface area contributed by atoms with Gasteiger partial charge in [0.05, 0.1) is 6.10 Å². The van der Waals surface area contributed by atoms with Crippen molar-refractivity contribution in [2.75, 3.05) is 6.61 Å². The van der Waals surface area contributed by atoms with E-state index in [1.807, 2.05) is 0 Å². The van der Waals surface area contributed by atoms with Crippen molar-refractivity contribution in [3.63, 3.8) is 0 Å². The first kappa shape index (κ1) is 14.3. The van der Waals surface area contributed by atoms with E-state index >= 15 is 0 Å². The molecular weight excluding hydrogens is 222 g/mol. The highest BCUT2D eigenvalue weighted by molar-refractivity contribution is 4.83. The predicted molar refractivity (Wildman–Crippen MR) is 76.5 cm³/mol. The van der Waals surface area contributed by atoms with Gasteiger partial charge in [-0.15, -0.1) is 0 Å². The van der Waals surface area contributed by atoms with Crippen LogP contribution >= 0.6 is 0 Å². The van der Waals surface area contributed by atoms with E-state index in [2.05, 4.69) is 6.92 Å². The second-order valence-corrected chi connectivity index (χ2v) is 6.48. The number of hydrogen-bond acceptors (Lipinski definition) is 2. The van der Waals surface area contributed by atoms with Crippen LogP contribution in [0.3, 0.4) is 0 Å². The molecule has 2 heteroatoms. The molecule has 0 aromatic carbocycles. The highest BCUT2D eigenvalue weighted by Gasteiger charge is 2.28. The van der Waals surface area contributed by atoms with Gasteiger partial charge in [-0.05, 0) is 43.9 Å². The second-order valence-electron chi connectivity index (χ2n) is 6.48. The predicted octanol–water partition coefficient (Wildman–Crippen LogP) is 3.88. The molecule has 0 bridgehead atoms. The Labute approximate surface area is 113 Å². The van der Waals surface area contributed by atoms with Gasteiger partial charge in [0.2, 0.25) is 0 Å². The van der Waals surface area contributed by atoms with Crippen molar-refractivity contribution in [3.05, 3.63) is 0 Å². The molecule has 2 fully saturated rings. The zero-order chi connectivity index (χ0) is 12.8. The molecule has 0 heterocycles. The summed E-state index contributed by atoms with van der Waals surface area (Å²) in [5.74, 6) is 1.66. The first-order chi connectivity index (χ1) is 8.79. The first-order valence-electron chi connectivity index (χ1n) is 8.16. The van der Waals surface area contributed by atoms with E-state index in [9.17, 15) is 0 Å². The van der Waals surface area contributed by atoms with E-state index in [1.54, 1.807) is 0 Å². The lowest BCUT2D eigenvalue weighted by Gasteiger charge is -2.34. The Balaban J connectivity index is 1.73. The monoisotopic (exact) mass is 253 g/mol. The Hall–Kier alpha value is -0.0800. The van der Waals surface area contributed by atoms with E-state index in [4.69, 9.17) is 10.5 Å². The van der Waals surface area contributed by atoms with Crippen LogP contribution in [0.25, 0.3) is 0 Å². The summed E-state index contributed by atoms with van der Waals surface area (Å²) in [5.41, 5.74) is 6.22. The zero-order valence-electron chi connectivity index (χ0n) is 12.1. The van der Waals surface area contributed by atoms with Crippen LogP contribution in [0, 0.1) is 11.8 Å². The molecule has 2 aliphatic carbocycles. The maximum Gasteiger partial charge on any atom is 0.0728 e.